The summed E-state index contributed by atoms with van der Waals surface area (Å²) < 4.78 is 0. The first-order valence-electron chi connectivity index (χ1n) is 15.3. The zero-order valence-electron chi connectivity index (χ0n) is 23.8. The molecule has 0 amide bonds. The molecule has 6 atom stereocenters. The second-order valence-corrected chi connectivity index (χ2v) is 13.2. The first-order valence-corrected chi connectivity index (χ1v) is 15.3. The van der Waals surface area contributed by atoms with Gasteiger partial charge in [-0.25, -0.2) is 0 Å². The molecule has 4 rings (SSSR count). The molecule has 0 radical (unpaired) electrons. The van der Waals surface area contributed by atoms with Crippen molar-refractivity contribution in [1.29, 1.82) is 0 Å². The molecule has 0 heterocycles. The second kappa shape index (κ2) is 12.2. The van der Waals surface area contributed by atoms with E-state index in [9.17, 15) is 15.0 Å². The van der Waals surface area contributed by atoms with Crippen molar-refractivity contribution in [3.63, 3.8) is 0 Å². The van der Waals surface area contributed by atoms with Crippen LogP contribution in [0.15, 0.2) is 47.6 Å². The molecule has 0 aliphatic heterocycles. The number of allylic oxidation sites excluding steroid dienone is 5. The van der Waals surface area contributed by atoms with Gasteiger partial charge in [0.2, 0.25) is 0 Å². The molecule has 3 nitrogen and oxygen atoms in total. The first kappa shape index (κ1) is 28.6. The van der Waals surface area contributed by atoms with Crippen LogP contribution in [0, 0.1) is 28.6 Å². The standard InChI is InChI=1S/C34H52O3/c1-5-6-7-8-13-32(37)34(20-21-34)19-9-11-24(2)29-16-17-30-26(12-10-18-33(29,30)4)14-15-27-22-28(35)23-31(36)25(27)3/h9,11,14-15,24,28-31,35-36H,3,5-8,10,12-13,16-23H2,1-2,4H3/t24-,28-,29-,30+,31+,33-/m1/s1. The fourth-order valence-corrected chi connectivity index (χ4v) is 7.98. The predicted molar refractivity (Wildman–Crippen MR) is 153 cm³/mol. The maximum absolute atomic E-state index is 12.9. The van der Waals surface area contributed by atoms with Crippen molar-refractivity contribution >= 4 is 5.78 Å². The van der Waals surface area contributed by atoms with Crippen molar-refractivity contribution in [3.05, 3.63) is 47.6 Å². The summed E-state index contributed by atoms with van der Waals surface area (Å²) in [4.78, 5) is 12.9. The minimum Gasteiger partial charge on any atom is -0.393 e. The van der Waals surface area contributed by atoms with Gasteiger partial charge in [-0.1, -0.05) is 76.5 Å². The number of hydrogen-bond donors (Lipinski definition) is 2. The Labute approximate surface area is 226 Å². The molecule has 3 heteroatoms. The molecular formula is C34H52O3. The molecule has 0 bridgehead atoms. The molecule has 0 aromatic rings. The van der Waals surface area contributed by atoms with Crippen LogP contribution in [0.2, 0.25) is 0 Å². The molecule has 2 N–H and O–H groups in total. The van der Waals surface area contributed by atoms with Crippen molar-refractivity contribution in [2.75, 3.05) is 0 Å². The van der Waals surface area contributed by atoms with E-state index in [1.165, 1.54) is 44.9 Å². The Bertz CT molecular complexity index is 919. The minimum absolute atomic E-state index is 0.0247. The largest absolute Gasteiger partial charge is 0.393 e. The van der Waals surface area contributed by atoms with E-state index in [0.29, 0.717) is 41.8 Å². The van der Waals surface area contributed by atoms with E-state index >= 15 is 0 Å². The summed E-state index contributed by atoms with van der Waals surface area (Å²) in [5.41, 5.74) is 3.63. The van der Waals surface area contributed by atoms with E-state index < -0.39 is 12.2 Å². The highest BCUT2D eigenvalue weighted by atomic mass is 16.3. The van der Waals surface area contributed by atoms with Gasteiger partial charge in [-0.3, -0.25) is 4.79 Å². The number of rotatable bonds is 11. The maximum Gasteiger partial charge on any atom is 0.139 e. The molecule has 37 heavy (non-hydrogen) atoms. The molecule has 0 aromatic heterocycles. The fraction of sp³-hybridized carbons (Fsp3) is 0.735. The zero-order valence-corrected chi connectivity index (χ0v) is 23.8. The van der Waals surface area contributed by atoms with Gasteiger partial charge in [0.15, 0.2) is 0 Å². The zero-order chi connectivity index (χ0) is 26.6. The third kappa shape index (κ3) is 6.41. The van der Waals surface area contributed by atoms with Gasteiger partial charge >= 0.3 is 0 Å². The third-order valence-electron chi connectivity index (χ3n) is 10.6. The quantitative estimate of drug-likeness (QED) is 0.219. The number of carbonyl (C=O) groups is 1. The van der Waals surface area contributed by atoms with Gasteiger partial charge in [0.1, 0.15) is 5.78 Å². The topological polar surface area (TPSA) is 57.5 Å². The summed E-state index contributed by atoms with van der Waals surface area (Å²) in [7, 11) is 0. The van der Waals surface area contributed by atoms with E-state index in [1.807, 2.05) is 0 Å². The van der Waals surface area contributed by atoms with Gasteiger partial charge in [0.25, 0.3) is 0 Å². The minimum atomic E-state index is -0.625. The lowest BCUT2D eigenvalue weighted by Crippen LogP contribution is -2.35. The predicted octanol–water partition coefficient (Wildman–Crippen LogP) is 8.03. The van der Waals surface area contributed by atoms with Gasteiger partial charge in [-0.2, -0.15) is 0 Å². The number of ketones is 1. The molecule has 4 saturated carbocycles. The lowest BCUT2D eigenvalue weighted by Gasteiger charge is -2.44. The van der Waals surface area contributed by atoms with Crippen LogP contribution in [0.3, 0.4) is 0 Å². The smallest absolute Gasteiger partial charge is 0.139 e. The molecule has 0 saturated heterocycles. The van der Waals surface area contributed by atoms with Crippen LogP contribution in [-0.2, 0) is 4.79 Å². The molecule has 4 fully saturated rings. The fourth-order valence-electron chi connectivity index (χ4n) is 7.98. The van der Waals surface area contributed by atoms with Gasteiger partial charge in [-0.05, 0) is 98.5 Å². The Morgan fingerprint density at radius 3 is 2.65 bits per heavy atom. The van der Waals surface area contributed by atoms with E-state index in [-0.39, 0.29) is 5.41 Å². The summed E-state index contributed by atoms with van der Waals surface area (Å²) in [5.74, 6) is 2.35. The third-order valence-corrected chi connectivity index (χ3v) is 10.6. The van der Waals surface area contributed by atoms with Crippen molar-refractivity contribution in [3.8, 4) is 0 Å². The highest BCUT2D eigenvalue weighted by Gasteiger charge is 2.51. The molecule has 4 aliphatic carbocycles. The number of fused-ring (bicyclic) bond motifs is 1. The van der Waals surface area contributed by atoms with Crippen LogP contribution >= 0.6 is 0 Å². The number of Topliss-reactive ketones (excluding diaryl/α,β-unsaturated/α-hetero) is 1. The van der Waals surface area contributed by atoms with Gasteiger partial charge < -0.3 is 10.2 Å². The Balaban J connectivity index is 1.36. The van der Waals surface area contributed by atoms with E-state index in [4.69, 9.17) is 0 Å². The molecule has 0 aromatic carbocycles. The van der Waals surface area contributed by atoms with Crippen molar-refractivity contribution in [2.24, 2.45) is 28.6 Å². The Morgan fingerprint density at radius 2 is 1.92 bits per heavy atom. The molecule has 206 valence electrons. The first-order chi connectivity index (χ1) is 17.7. The highest BCUT2D eigenvalue weighted by molar-refractivity contribution is 5.87. The van der Waals surface area contributed by atoms with Crippen LogP contribution in [0.1, 0.15) is 117 Å². The van der Waals surface area contributed by atoms with Gasteiger partial charge in [0, 0.05) is 18.3 Å². The van der Waals surface area contributed by atoms with E-state index in [1.54, 1.807) is 5.57 Å². The Kier molecular flexibility index (Phi) is 9.39. The van der Waals surface area contributed by atoms with Crippen molar-refractivity contribution in [2.45, 2.75) is 129 Å². The lowest BCUT2D eigenvalue weighted by molar-refractivity contribution is -0.124. The average Bonchev–Trinajstić information content (AvgIpc) is 3.56. The number of aliphatic hydroxyl groups is 2. The van der Waals surface area contributed by atoms with Crippen LogP contribution in [0.5, 0.6) is 0 Å². The monoisotopic (exact) mass is 508 g/mol. The summed E-state index contributed by atoms with van der Waals surface area (Å²) in [6.07, 6.45) is 24.0. The van der Waals surface area contributed by atoms with E-state index in [0.717, 1.165) is 49.7 Å². The summed E-state index contributed by atoms with van der Waals surface area (Å²) in [5, 5.41) is 20.3. The van der Waals surface area contributed by atoms with Crippen molar-refractivity contribution < 1.29 is 15.0 Å². The van der Waals surface area contributed by atoms with Gasteiger partial charge in [-0.15, -0.1) is 0 Å². The summed E-state index contributed by atoms with van der Waals surface area (Å²) in [6.45, 7) is 11.2. The Hall–Kier alpha value is -1.45. The molecule has 4 aliphatic rings. The highest BCUT2D eigenvalue weighted by Crippen LogP contribution is 2.59. The SMILES string of the molecule is C=C1C(=CC=C2CCC[C@]3(C)[C@@H]([C@H](C)C=CCC4(C(=O)CCCCCC)CC4)CC[C@@H]23)C[C@@H](O)C[C@@H]1O. The maximum atomic E-state index is 12.9. The number of hydrogen-bond acceptors (Lipinski definition) is 3. The van der Waals surface area contributed by atoms with Crippen molar-refractivity contribution in [1.82, 2.24) is 0 Å². The lowest BCUT2D eigenvalue weighted by atomic mass is 9.61. The molecular weight excluding hydrogens is 456 g/mol. The summed E-state index contributed by atoms with van der Waals surface area (Å²) in [6, 6.07) is 0. The summed E-state index contributed by atoms with van der Waals surface area (Å²) >= 11 is 0. The van der Waals surface area contributed by atoms with Crippen LogP contribution in [-0.4, -0.2) is 28.2 Å². The normalized spacial score (nSPS) is 36.3. The van der Waals surface area contributed by atoms with Crippen LogP contribution in [0.25, 0.3) is 0 Å². The van der Waals surface area contributed by atoms with Crippen LogP contribution < -0.4 is 0 Å². The van der Waals surface area contributed by atoms with E-state index in [2.05, 4.69) is 51.7 Å². The van der Waals surface area contributed by atoms with Crippen LogP contribution in [0.4, 0.5) is 0 Å². The number of aliphatic hydroxyl groups excluding tert-OH is 2. The second-order valence-electron chi connectivity index (χ2n) is 13.2. The molecule has 0 spiro atoms. The van der Waals surface area contributed by atoms with Gasteiger partial charge in [0.05, 0.1) is 12.2 Å². The molecule has 0 unspecified atom stereocenters. The average molecular weight is 509 g/mol. The Morgan fingerprint density at radius 1 is 1.14 bits per heavy atom. The number of carbonyl (C=O) groups excluding carboxylic acids is 1. The number of unbranched alkanes of at least 4 members (excludes halogenated alkanes) is 3.